The van der Waals surface area contributed by atoms with E-state index < -0.39 is 0 Å². The summed E-state index contributed by atoms with van der Waals surface area (Å²) in [5.74, 6) is 1.39. The Hall–Kier alpha value is -0.930. The summed E-state index contributed by atoms with van der Waals surface area (Å²) >= 11 is 6.38. The van der Waals surface area contributed by atoms with Gasteiger partial charge in [0.05, 0.1) is 14.2 Å². The molecule has 1 rings (SSSR count). The number of methoxy groups -OCH3 is 2. The van der Waals surface area contributed by atoms with E-state index in [0.717, 1.165) is 22.8 Å². The van der Waals surface area contributed by atoms with Crippen molar-refractivity contribution in [1.29, 1.82) is 0 Å². The molecule has 1 N–H and O–H groups in total. The molecular weight excluding hydrogens is 274 g/mol. The van der Waals surface area contributed by atoms with Gasteiger partial charge in [0.2, 0.25) is 0 Å². The molecule has 0 bridgehead atoms. The lowest BCUT2D eigenvalue weighted by atomic mass is 9.99. The summed E-state index contributed by atoms with van der Waals surface area (Å²) in [5, 5.41) is 4.06. The van der Waals surface area contributed by atoms with Gasteiger partial charge in [-0.25, -0.2) is 0 Å². The minimum Gasteiger partial charge on any atom is -0.493 e. The molecule has 0 heterocycles. The van der Waals surface area contributed by atoms with Gasteiger partial charge < -0.3 is 14.8 Å². The van der Waals surface area contributed by atoms with Crippen LogP contribution in [0.25, 0.3) is 0 Å². The lowest BCUT2D eigenvalue weighted by molar-refractivity contribution is 0.353. The first-order chi connectivity index (χ1) is 9.67. The highest BCUT2D eigenvalue weighted by atomic mass is 35.5. The first-order valence-electron chi connectivity index (χ1n) is 7.26. The van der Waals surface area contributed by atoms with Crippen LogP contribution in [-0.4, -0.2) is 21.3 Å². The third kappa shape index (κ3) is 4.57. The second-order valence-electron chi connectivity index (χ2n) is 4.92. The van der Waals surface area contributed by atoms with E-state index in [1.165, 1.54) is 25.7 Å². The van der Waals surface area contributed by atoms with E-state index in [9.17, 15) is 0 Å². The predicted molar refractivity (Wildman–Crippen MR) is 85.1 cm³/mol. The molecule has 0 saturated carbocycles. The van der Waals surface area contributed by atoms with Crippen LogP contribution in [0, 0.1) is 0 Å². The summed E-state index contributed by atoms with van der Waals surface area (Å²) in [5.41, 5.74) is 1.07. The van der Waals surface area contributed by atoms with Crippen molar-refractivity contribution in [3.8, 4) is 11.5 Å². The van der Waals surface area contributed by atoms with Crippen molar-refractivity contribution in [2.75, 3.05) is 21.3 Å². The molecule has 3 nitrogen and oxygen atoms in total. The van der Waals surface area contributed by atoms with Crippen LogP contribution in [0.15, 0.2) is 12.1 Å². The van der Waals surface area contributed by atoms with Crippen LogP contribution in [0.3, 0.4) is 0 Å². The zero-order valence-electron chi connectivity index (χ0n) is 13.0. The van der Waals surface area contributed by atoms with Crippen LogP contribution in [0.2, 0.25) is 5.02 Å². The molecule has 114 valence electrons. The minimum atomic E-state index is 0.249. The molecule has 0 spiro atoms. The molecule has 4 heteroatoms. The van der Waals surface area contributed by atoms with Gasteiger partial charge in [-0.05, 0) is 25.1 Å². The Labute approximate surface area is 127 Å². The molecule has 0 fully saturated rings. The standard InChI is InChI=1S/C16H26ClNO2/c1-5-6-7-8-9-14(18-2)12-10-15(19-3)16(20-4)11-13(12)17/h10-11,14,18H,5-9H2,1-4H3. The number of hydrogen-bond acceptors (Lipinski definition) is 3. The number of rotatable bonds is 9. The maximum Gasteiger partial charge on any atom is 0.162 e. The van der Waals surface area contributed by atoms with E-state index in [2.05, 4.69) is 12.2 Å². The highest BCUT2D eigenvalue weighted by Gasteiger charge is 2.16. The lowest BCUT2D eigenvalue weighted by Gasteiger charge is -2.20. The Morgan fingerprint density at radius 1 is 1.10 bits per heavy atom. The molecule has 0 aliphatic carbocycles. The second-order valence-corrected chi connectivity index (χ2v) is 5.33. The van der Waals surface area contributed by atoms with Crippen molar-refractivity contribution >= 4 is 11.6 Å². The highest BCUT2D eigenvalue weighted by Crippen LogP contribution is 2.37. The normalized spacial score (nSPS) is 12.2. The molecule has 0 saturated heterocycles. The first-order valence-corrected chi connectivity index (χ1v) is 7.64. The van der Waals surface area contributed by atoms with Gasteiger partial charge in [-0.2, -0.15) is 0 Å². The van der Waals surface area contributed by atoms with E-state index in [1.54, 1.807) is 14.2 Å². The van der Waals surface area contributed by atoms with E-state index in [1.807, 2.05) is 19.2 Å². The number of ether oxygens (including phenoxy) is 2. The minimum absolute atomic E-state index is 0.249. The Kier molecular flexibility index (Phi) is 7.78. The fraction of sp³-hybridized carbons (Fsp3) is 0.625. The highest BCUT2D eigenvalue weighted by molar-refractivity contribution is 6.31. The Morgan fingerprint density at radius 3 is 2.30 bits per heavy atom. The van der Waals surface area contributed by atoms with Gasteiger partial charge in [0.1, 0.15) is 0 Å². The van der Waals surface area contributed by atoms with Crippen molar-refractivity contribution in [2.45, 2.75) is 45.1 Å². The molecule has 0 aromatic heterocycles. The van der Waals surface area contributed by atoms with Crippen LogP contribution in [0.5, 0.6) is 11.5 Å². The molecule has 0 radical (unpaired) electrons. The Morgan fingerprint density at radius 2 is 1.75 bits per heavy atom. The maximum atomic E-state index is 6.38. The fourth-order valence-corrected chi connectivity index (χ4v) is 2.65. The van der Waals surface area contributed by atoms with Gasteiger partial charge in [0, 0.05) is 17.1 Å². The van der Waals surface area contributed by atoms with Crippen LogP contribution >= 0.6 is 11.6 Å². The summed E-state index contributed by atoms with van der Waals surface area (Å²) in [6.45, 7) is 2.22. The largest absolute Gasteiger partial charge is 0.493 e. The molecule has 1 unspecified atom stereocenters. The van der Waals surface area contributed by atoms with E-state index in [-0.39, 0.29) is 6.04 Å². The molecule has 0 aliphatic heterocycles. The van der Waals surface area contributed by atoms with Gasteiger partial charge in [-0.3, -0.25) is 0 Å². The number of halogens is 1. The van der Waals surface area contributed by atoms with E-state index >= 15 is 0 Å². The van der Waals surface area contributed by atoms with E-state index in [0.29, 0.717) is 5.75 Å². The zero-order valence-corrected chi connectivity index (χ0v) is 13.7. The van der Waals surface area contributed by atoms with Crippen LogP contribution in [0.1, 0.15) is 50.6 Å². The first kappa shape index (κ1) is 17.1. The van der Waals surface area contributed by atoms with Crippen molar-refractivity contribution in [1.82, 2.24) is 5.32 Å². The third-order valence-corrected chi connectivity index (χ3v) is 3.90. The Balaban J connectivity index is 2.85. The summed E-state index contributed by atoms with van der Waals surface area (Å²) in [4.78, 5) is 0. The van der Waals surface area contributed by atoms with Gasteiger partial charge >= 0.3 is 0 Å². The third-order valence-electron chi connectivity index (χ3n) is 3.57. The second kappa shape index (κ2) is 9.09. The zero-order chi connectivity index (χ0) is 15.0. The van der Waals surface area contributed by atoms with Crippen LogP contribution in [-0.2, 0) is 0 Å². The smallest absolute Gasteiger partial charge is 0.162 e. The average Bonchev–Trinajstić information content (AvgIpc) is 2.47. The molecule has 0 aliphatic rings. The van der Waals surface area contributed by atoms with Gasteiger partial charge in [0.25, 0.3) is 0 Å². The monoisotopic (exact) mass is 299 g/mol. The van der Waals surface area contributed by atoms with Gasteiger partial charge in [-0.1, -0.05) is 44.2 Å². The van der Waals surface area contributed by atoms with Crippen LogP contribution < -0.4 is 14.8 Å². The van der Waals surface area contributed by atoms with Gasteiger partial charge in [-0.15, -0.1) is 0 Å². The van der Waals surface area contributed by atoms with Gasteiger partial charge in [0.15, 0.2) is 11.5 Å². The van der Waals surface area contributed by atoms with Crippen LogP contribution in [0.4, 0.5) is 0 Å². The molecule has 1 aromatic carbocycles. The fourth-order valence-electron chi connectivity index (χ4n) is 2.37. The summed E-state index contributed by atoms with van der Waals surface area (Å²) < 4.78 is 10.6. The van der Waals surface area contributed by atoms with Crippen molar-refractivity contribution in [2.24, 2.45) is 0 Å². The average molecular weight is 300 g/mol. The summed E-state index contributed by atoms with van der Waals surface area (Å²) in [7, 11) is 5.23. The maximum absolute atomic E-state index is 6.38. The SMILES string of the molecule is CCCCCCC(NC)c1cc(OC)c(OC)cc1Cl. The molecular formula is C16H26ClNO2. The van der Waals surface area contributed by atoms with Crippen molar-refractivity contribution in [3.63, 3.8) is 0 Å². The molecule has 1 aromatic rings. The lowest BCUT2D eigenvalue weighted by Crippen LogP contribution is -2.17. The van der Waals surface area contributed by atoms with Crippen molar-refractivity contribution < 1.29 is 9.47 Å². The number of benzene rings is 1. The Bertz CT molecular complexity index is 410. The van der Waals surface area contributed by atoms with Crippen molar-refractivity contribution in [3.05, 3.63) is 22.7 Å². The molecule has 20 heavy (non-hydrogen) atoms. The van der Waals surface area contributed by atoms with E-state index in [4.69, 9.17) is 21.1 Å². The number of hydrogen-bond donors (Lipinski definition) is 1. The molecule has 0 amide bonds. The topological polar surface area (TPSA) is 30.5 Å². The summed E-state index contributed by atoms with van der Waals surface area (Å²) in [6, 6.07) is 4.05. The molecule has 1 atom stereocenters. The number of unbranched alkanes of at least 4 members (excludes halogenated alkanes) is 3. The number of nitrogens with one attached hydrogen (secondary N) is 1. The summed E-state index contributed by atoms with van der Waals surface area (Å²) in [6.07, 6.45) is 6.08. The quantitative estimate of drug-likeness (QED) is 0.677. The predicted octanol–water partition coefficient (Wildman–Crippen LogP) is 4.59.